The third-order valence-electron chi connectivity index (χ3n) is 2.13. The van der Waals surface area contributed by atoms with Crippen LogP contribution in [0.1, 0.15) is 5.56 Å². The highest BCUT2D eigenvalue weighted by Gasteiger charge is 2.17. The van der Waals surface area contributed by atoms with E-state index in [0.717, 1.165) is 0 Å². The number of fused-ring (bicyclic) bond motifs is 1. The zero-order valence-corrected chi connectivity index (χ0v) is 8.97. The molecule has 0 aliphatic carbocycles. The molecule has 7 heteroatoms. The van der Waals surface area contributed by atoms with Crippen molar-refractivity contribution in [3.63, 3.8) is 0 Å². The second-order valence-electron chi connectivity index (χ2n) is 3.16. The van der Waals surface area contributed by atoms with Crippen molar-refractivity contribution in [2.75, 3.05) is 12.2 Å². The van der Waals surface area contributed by atoms with Crippen LogP contribution in [0.5, 0.6) is 11.5 Å². The van der Waals surface area contributed by atoms with Crippen LogP contribution in [-0.4, -0.2) is 12.5 Å². The average Bonchev–Trinajstić information content (AvgIpc) is 2.85. The third-order valence-corrected chi connectivity index (χ3v) is 2.13. The summed E-state index contributed by atoms with van der Waals surface area (Å²) in [5, 5.41) is 29.6. The lowest BCUT2D eigenvalue weighted by atomic mass is 10.2. The van der Waals surface area contributed by atoms with Crippen molar-refractivity contribution in [3.05, 3.63) is 17.7 Å². The third kappa shape index (κ3) is 1.99. The Morgan fingerprint density at radius 3 is 2.44 bits per heavy atom. The molecular weight excluding hydrogens is 234 g/mol. The van der Waals surface area contributed by atoms with Crippen molar-refractivity contribution in [1.29, 1.82) is 15.8 Å². The zero-order chi connectivity index (χ0) is 13.0. The molecule has 0 fully saturated rings. The Kier molecular flexibility index (Phi) is 2.96. The van der Waals surface area contributed by atoms with E-state index < -0.39 is 0 Å². The number of benzene rings is 1. The smallest absolute Gasteiger partial charge is 0.237 e. The fraction of sp³-hybridized carbons (Fsp3) is 0.0909. The lowest BCUT2D eigenvalue weighted by Crippen LogP contribution is -1.98. The van der Waals surface area contributed by atoms with Gasteiger partial charge in [-0.05, 0) is 0 Å². The molecule has 0 amide bonds. The molecule has 0 unspecified atom stereocenters. The van der Waals surface area contributed by atoms with Crippen molar-refractivity contribution in [1.82, 2.24) is 0 Å². The number of anilines is 1. The highest BCUT2D eigenvalue weighted by molar-refractivity contribution is 6.10. The molecule has 0 aromatic heterocycles. The van der Waals surface area contributed by atoms with Gasteiger partial charge in [0.1, 0.15) is 18.2 Å². The van der Waals surface area contributed by atoms with E-state index in [1.807, 2.05) is 6.07 Å². The number of hydrogen-bond acceptors (Lipinski definition) is 7. The maximum Gasteiger partial charge on any atom is 0.237 e. The van der Waals surface area contributed by atoms with Crippen LogP contribution >= 0.6 is 0 Å². The van der Waals surface area contributed by atoms with Crippen LogP contribution in [0, 0.1) is 34.0 Å². The van der Waals surface area contributed by atoms with E-state index in [2.05, 4.69) is 10.5 Å². The van der Waals surface area contributed by atoms with E-state index in [-0.39, 0.29) is 18.1 Å². The van der Waals surface area contributed by atoms with Gasteiger partial charge in [0.05, 0.1) is 11.3 Å². The molecule has 7 nitrogen and oxygen atoms in total. The molecule has 0 atom stereocenters. The van der Waals surface area contributed by atoms with Crippen molar-refractivity contribution < 1.29 is 9.47 Å². The summed E-state index contributed by atoms with van der Waals surface area (Å²) in [6.45, 7) is 0.0918. The minimum Gasteiger partial charge on any atom is -0.454 e. The summed E-state index contributed by atoms with van der Waals surface area (Å²) in [6.07, 6.45) is 0. The fourth-order valence-corrected chi connectivity index (χ4v) is 1.32. The molecule has 1 heterocycles. The molecule has 0 spiro atoms. The maximum atomic E-state index is 8.96. The molecule has 1 aliphatic rings. The number of hydrogen-bond donors (Lipinski definition) is 1. The summed E-state index contributed by atoms with van der Waals surface area (Å²) in [6, 6.07) is 8.17. The molecule has 2 rings (SSSR count). The second-order valence-corrected chi connectivity index (χ2v) is 3.16. The topological polar surface area (TPSA) is 114 Å². The minimum atomic E-state index is -0.337. The molecule has 0 saturated carbocycles. The van der Waals surface area contributed by atoms with Gasteiger partial charge >= 0.3 is 0 Å². The number of nitriles is 3. The number of rotatable bonds is 2. The zero-order valence-electron chi connectivity index (χ0n) is 8.97. The van der Waals surface area contributed by atoms with Gasteiger partial charge in [0, 0.05) is 12.1 Å². The SMILES string of the molecule is N#CC(C#N)=NNc1cc2c(cc1C#N)OCO2. The molecular formula is C11H5N5O2. The van der Waals surface area contributed by atoms with Crippen LogP contribution in [0.25, 0.3) is 0 Å². The number of ether oxygens (including phenoxy) is 2. The summed E-state index contributed by atoms with van der Waals surface area (Å²) in [4.78, 5) is 0. The largest absolute Gasteiger partial charge is 0.454 e. The fourth-order valence-electron chi connectivity index (χ4n) is 1.32. The molecule has 1 N–H and O–H groups in total. The van der Waals surface area contributed by atoms with E-state index in [1.165, 1.54) is 12.1 Å². The second kappa shape index (κ2) is 4.73. The van der Waals surface area contributed by atoms with Crippen LogP contribution < -0.4 is 14.9 Å². The first-order valence-corrected chi connectivity index (χ1v) is 4.76. The molecule has 18 heavy (non-hydrogen) atoms. The van der Waals surface area contributed by atoms with Gasteiger partial charge in [-0.15, -0.1) is 0 Å². The van der Waals surface area contributed by atoms with Gasteiger partial charge in [0.15, 0.2) is 11.5 Å². The quantitative estimate of drug-likeness (QED) is 0.610. The van der Waals surface area contributed by atoms with E-state index in [9.17, 15) is 0 Å². The average molecular weight is 239 g/mol. The Hall–Kier alpha value is -3.24. The van der Waals surface area contributed by atoms with Crippen LogP contribution in [0.2, 0.25) is 0 Å². The first-order valence-electron chi connectivity index (χ1n) is 4.76. The first kappa shape index (κ1) is 11.3. The summed E-state index contributed by atoms with van der Waals surface area (Å²) in [5.74, 6) is 0.948. The summed E-state index contributed by atoms with van der Waals surface area (Å²) in [5.41, 5.74) is 2.76. The summed E-state index contributed by atoms with van der Waals surface area (Å²) >= 11 is 0. The first-order chi connectivity index (χ1) is 8.78. The number of nitrogens with one attached hydrogen (secondary N) is 1. The van der Waals surface area contributed by atoms with Crippen molar-refractivity contribution in [2.45, 2.75) is 0 Å². The monoisotopic (exact) mass is 239 g/mol. The minimum absolute atomic E-state index is 0.0918. The van der Waals surface area contributed by atoms with Gasteiger partial charge in [0.2, 0.25) is 12.5 Å². The predicted molar refractivity (Wildman–Crippen MR) is 59.6 cm³/mol. The number of nitrogens with zero attached hydrogens (tertiary/aromatic N) is 4. The highest BCUT2D eigenvalue weighted by atomic mass is 16.7. The number of hydrazone groups is 1. The Labute approximate surface area is 102 Å². The Morgan fingerprint density at radius 1 is 1.17 bits per heavy atom. The Bertz CT molecular complexity index is 629. The lowest BCUT2D eigenvalue weighted by Gasteiger charge is -2.04. The Morgan fingerprint density at radius 2 is 1.83 bits per heavy atom. The maximum absolute atomic E-state index is 8.96. The van der Waals surface area contributed by atoms with E-state index in [1.54, 1.807) is 12.1 Å². The highest BCUT2D eigenvalue weighted by Crippen LogP contribution is 2.36. The van der Waals surface area contributed by atoms with Crippen molar-refractivity contribution in [3.8, 4) is 29.7 Å². The van der Waals surface area contributed by atoms with Gasteiger partial charge in [-0.3, -0.25) is 5.43 Å². The summed E-state index contributed by atoms with van der Waals surface area (Å²) in [7, 11) is 0. The lowest BCUT2D eigenvalue weighted by molar-refractivity contribution is 0.174. The standard InChI is InChI=1S/C11H5N5O2/c12-3-7-1-10-11(18-6-17-10)2-9(7)16-15-8(4-13)5-14/h1-2,16H,6H2. The van der Waals surface area contributed by atoms with Gasteiger partial charge in [-0.1, -0.05) is 0 Å². The molecule has 1 aromatic carbocycles. The van der Waals surface area contributed by atoms with Gasteiger partial charge in [-0.25, -0.2) is 0 Å². The predicted octanol–water partition coefficient (Wildman–Crippen LogP) is 1.10. The van der Waals surface area contributed by atoms with Gasteiger partial charge in [0.25, 0.3) is 0 Å². The van der Waals surface area contributed by atoms with Crippen molar-refractivity contribution >= 4 is 11.4 Å². The molecule has 0 saturated heterocycles. The van der Waals surface area contributed by atoms with Gasteiger partial charge in [-0.2, -0.15) is 20.9 Å². The normalized spacial score (nSPS) is 10.7. The molecule has 86 valence electrons. The summed E-state index contributed by atoms with van der Waals surface area (Å²) < 4.78 is 10.3. The molecule has 0 bridgehead atoms. The van der Waals surface area contributed by atoms with E-state index in [0.29, 0.717) is 17.2 Å². The van der Waals surface area contributed by atoms with Crippen LogP contribution in [0.4, 0.5) is 5.69 Å². The molecule has 1 aliphatic heterocycles. The van der Waals surface area contributed by atoms with Crippen molar-refractivity contribution in [2.24, 2.45) is 5.10 Å². The van der Waals surface area contributed by atoms with Gasteiger partial charge < -0.3 is 9.47 Å². The molecule has 0 radical (unpaired) electrons. The Balaban J connectivity index is 2.35. The van der Waals surface area contributed by atoms with E-state index >= 15 is 0 Å². The van der Waals surface area contributed by atoms with Crippen LogP contribution in [0.3, 0.4) is 0 Å². The molecule has 1 aromatic rings. The van der Waals surface area contributed by atoms with E-state index in [4.69, 9.17) is 25.3 Å². The van der Waals surface area contributed by atoms with Crippen LogP contribution in [0.15, 0.2) is 17.2 Å². The van der Waals surface area contributed by atoms with Crippen LogP contribution in [-0.2, 0) is 0 Å².